The number of carbonyl (C=O) groups excluding carboxylic acids is 1. The molecule has 0 saturated heterocycles. The molecule has 0 spiro atoms. The number of nitrogens with one attached hydrogen (secondary N) is 1. The van der Waals surface area contributed by atoms with Gasteiger partial charge in [0.05, 0.1) is 18.2 Å². The highest BCUT2D eigenvalue weighted by atomic mass is 16.2. The molecule has 1 fully saturated rings. The quantitative estimate of drug-likeness (QED) is 0.631. The van der Waals surface area contributed by atoms with E-state index in [1.165, 1.54) is 18.4 Å². The van der Waals surface area contributed by atoms with Gasteiger partial charge in [-0.2, -0.15) is 5.26 Å². The summed E-state index contributed by atoms with van der Waals surface area (Å²) in [5.74, 6) is 0.691. The Kier molecular flexibility index (Phi) is 5.76. The topological polar surface area (TPSA) is 56.1 Å². The van der Waals surface area contributed by atoms with Gasteiger partial charge in [0, 0.05) is 29.5 Å². The molecule has 0 aromatic heterocycles. The Morgan fingerprint density at radius 2 is 1.72 bits per heavy atom. The van der Waals surface area contributed by atoms with Crippen molar-refractivity contribution in [3.05, 3.63) is 77.9 Å². The van der Waals surface area contributed by atoms with Crippen LogP contribution < -0.4 is 10.2 Å². The van der Waals surface area contributed by atoms with Gasteiger partial charge in [-0.15, -0.1) is 0 Å². The second-order valence-electron chi connectivity index (χ2n) is 7.70. The van der Waals surface area contributed by atoms with Gasteiger partial charge in [0.1, 0.15) is 0 Å². The van der Waals surface area contributed by atoms with Crippen molar-refractivity contribution in [2.24, 2.45) is 5.92 Å². The van der Waals surface area contributed by atoms with E-state index in [-0.39, 0.29) is 5.91 Å². The lowest BCUT2D eigenvalue weighted by molar-refractivity contribution is -0.119. The molecule has 0 unspecified atom stereocenters. The summed E-state index contributed by atoms with van der Waals surface area (Å²) in [6, 6.07) is 24.3. The van der Waals surface area contributed by atoms with Crippen molar-refractivity contribution in [1.29, 1.82) is 5.26 Å². The van der Waals surface area contributed by atoms with Gasteiger partial charge < -0.3 is 10.2 Å². The number of rotatable bonds is 8. The van der Waals surface area contributed by atoms with E-state index in [9.17, 15) is 10.1 Å². The summed E-state index contributed by atoms with van der Waals surface area (Å²) in [6.07, 6.45) is 3.27. The Bertz CT molecular complexity index is 1030. The van der Waals surface area contributed by atoms with E-state index in [1.54, 1.807) is 0 Å². The number of nitriles is 1. The average molecular weight is 383 g/mol. The van der Waals surface area contributed by atoms with E-state index >= 15 is 0 Å². The van der Waals surface area contributed by atoms with Crippen LogP contribution in [0.2, 0.25) is 0 Å². The summed E-state index contributed by atoms with van der Waals surface area (Å²) in [5, 5.41) is 14.5. The average Bonchev–Trinajstić information content (AvgIpc) is 3.57. The molecular weight excluding hydrogens is 358 g/mol. The minimum absolute atomic E-state index is 0.0371. The second-order valence-corrected chi connectivity index (χ2v) is 7.70. The zero-order valence-electron chi connectivity index (χ0n) is 16.5. The highest BCUT2D eigenvalue weighted by Crippen LogP contribution is 2.34. The largest absolute Gasteiger partial charge is 0.361 e. The summed E-state index contributed by atoms with van der Waals surface area (Å²) in [5.41, 5.74) is 2.92. The number of amides is 1. The van der Waals surface area contributed by atoms with Crippen LogP contribution in [-0.4, -0.2) is 25.5 Å². The summed E-state index contributed by atoms with van der Waals surface area (Å²) < 4.78 is 0. The lowest BCUT2D eigenvalue weighted by Gasteiger charge is -2.26. The molecule has 0 atom stereocenters. The highest BCUT2D eigenvalue weighted by molar-refractivity contribution is 5.99. The molecule has 3 aromatic carbocycles. The van der Waals surface area contributed by atoms with Gasteiger partial charge in [-0.3, -0.25) is 4.79 Å². The first-order chi connectivity index (χ1) is 14.2. The predicted octanol–water partition coefficient (Wildman–Crippen LogP) is 4.29. The molecule has 4 nitrogen and oxygen atoms in total. The first-order valence-corrected chi connectivity index (χ1v) is 10.2. The second kappa shape index (κ2) is 8.79. The maximum Gasteiger partial charge on any atom is 0.239 e. The smallest absolute Gasteiger partial charge is 0.239 e. The first kappa shape index (κ1) is 19.0. The van der Waals surface area contributed by atoms with Crippen molar-refractivity contribution in [1.82, 2.24) is 5.32 Å². The Hall–Kier alpha value is -3.32. The monoisotopic (exact) mass is 383 g/mol. The van der Waals surface area contributed by atoms with Crippen molar-refractivity contribution in [2.75, 3.05) is 24.5 Å². The first-order valence-electron chi connectivity index (χ1n) is 10.2. The minimum atomic E-state index is 0.0371. The zero-order valence-corrected chi connectivity index (χ0v) is 16.5. The van der Waals surface area contributed by atoms with E-state index in [0.717, 1.165) is 29.4 Å². The minimum Gasteiger partial charge on any atom is -0.361 e. The Balaban J connectivity index is 1.49. The number of nitrogens with zero attached hydrogens (tertiary/aromatic N) is 2. The third kappa shape index (κ3) is 4.75. The van der Waals surface area contributed by atoms with E-state index < -0.39 is 0 Å². The molecule has 0 radical (unpaired) electrons. The fourth-order valence-corrected chi connectivity index (χ4v) is 3.74. The lowest BCUT2D eigenvalue weighted by atomic mass is 10.0. The van der Waals surface area contributed by atoms with Crippen molar-refractivity contribution < 1.29 is 4.79 Å². The molecule has 0 bridgehead atoms. The lowest BCUT2D eigenvalue weighted by Crippen LogP contribution is -2.39. The van der Waals surface area contributed by atoms with Gasteiger partial charge in [0.15, 0.2) is 0 Å². The maximum atomic E-state index is 12.7. The molecule has 1 amide bonds. The van der Waals surface area contributed by atoms with Gasteiger partial charge in [-0.1, -0.05) is 54.6 Å². The number of fused-ring (bicyclic) bond motifs is 1. The molecule has 1 aliphatic rings. The summed E-state index contributed by atoms with van der Waals surface area (Å²) in [7, 11) is 0. The van der Waals surface area contributed by atoms with Gasteiger partial charge in [0.25, 0.3) is 0 Å². The van der Waals surface area contributed by atoms with Gasteiger partial charge in [-0.25, -0.2) is 0 Å². The summed E-state index contributed by atoms with van der Waals surface area (Å²) in [6.45, 7) is 1.84. The fourth-order valence-electron chi connectivity index (χ4n) is 3.74. The molecule has 3 aromatic rings. The molecule has 4 rings (SSSR count). The van der Waals surface area contributed by atoms with Crippen molar-refractivity contribution in [3.8, 4) is 6.07 Å². The van der Waals surface area contributed by atoms with E-state index in [2.05, 4.69) is 28.4 Å². The molecule has 0 heterocycles. The number of anilines is 1. The number of carbonyl (C=O) groups is 1. The Morgan fingerprint density at radius 3 is 2.45 bits per heavy atom. The van der Waals surface area contributed by atoms with Gasteiger partial charge in [0.2, 0.25) is 5.91 Å². The van der Waals surface area contributed by atoms with E-state index in [0.29, 0.717) is 24.6 Å². The summed E-state index contributed by atoms with van der Waals surface area (Å²) in [4.78, 5) is 14.9. The predicted molar refractivity (Wildman–Crippen MR) is 117 cm³/mol. The van der Waals surface area contributed by atoms with E-state index in [1.807, 2.05) is 54.6 Å². The van der Waals surface area contributed by atoms with Crippen LogP contribution in [0.25, 0.3) is 10.8 Å². The fraction of sp³-hybridized carbons (Fsp3) is 0.280. The van der Waals surface area contributed by atoms with Crippen LogP contribution in [0.4, 0.5) is 5.69 Å². The van der Waals surface area contributed by atoms with Crippen LogP contribution in [0.3, 0.4) is 0 Å². The Labute approximate surface area is 171 Å². The molecule has 1 N–H and O–H groups in total. The van der Waals surface area contributed by atoms with Crippen molar-refractivity contribution in [3.63, 3.8) is 0 Å². The zero-order chi connectivity index (χ0) is 20.1. The van der Waals surface area contributed by atoms with Crippen LogP contribution in [0.1, 0.15) is 24.0 Å². The Morgan fingerprint density at radius 1 is 1.00 bits per heavy atom. The van der Waals surface area contributed by atoms with Crippen LogP contribution in [0.15, 0.2) is 66.7 Å². The third-order valence-electron chi connectivity index (χ3n) is 5.45. The van der Waals surface area contributed by atoms with Gasteiger partial charge >= 0.3 is 0 Å². The normalized spacial score (nSPS) is 13.1. The van der Waals surface area contributed by atoms with Crippen LogP contribution in [0.5, 0.6) is 0 Å². The molecule has 146 valence electrons. The third-order valence-corrected chi connectivity index (χ3v) is 5.45. The number of hydrogen-bond acceptors (Lipinski definition) is 3. The molecule has 4 heteroatoms. The molecular formula is C25H25N3O. The summed E-state index contributed by atoms with van der Waals surface area (Å²) >= 11 is 0. The SMILES string of the molecule is N#Cc1ccc(N(CC(=O)NCCc2ccccc2)CC2CC2)c2ccccc12. The molecule has 1 saturated carbocycles. The number of benzene rings is 3. The van der Waals surface area contributed by atoms with Crippen LogP contribution in [-0.2, 0) is 11.2 Å². The maximum absolute atomic E-state index is 12.7. The van der Waals surface area contributed by atoms with Gasteiger partial charge in [-0.05, 0) is 42.9 Å². The molecule has 29 heavy (non-hydrogen) atoms. The highest BCUT2D eigenvalue weighted by Gasteiger charge is 2.26. The standard InChI is InChI=1S/C25H25N3O/c26-16-21-12-13-24(23-9-5-4-8-22(21)23)28(17-20-10-11-20)18-25(29)27-15-14-19-6-2-1-3-7-19/h1-9,12-13,20H,10-11,14-15,17-18H2,(H,27,29). The van der Waals surface area contributed by atoms with Crippen LogP contribution in [0, 0.1) is 17.2 Å². The molecule has 1 aliphatic carbocycles. The van der Waals surface area contributed by atoms with Crippen LogP contribution >= 0.6 is 0 Å². The van der Waals surface area contributed by atoms with E-state index in [4.69, 9.17) is 0 Å². The van der Waals surface area contributed by atoms with Crippen molar-refractivity contribution in [2.45, 2.75) is 19.3 Å². The van der Waals surface area contributed by atoms with Crippen molar-refractivity contribution >= 4 is 22.4 Å². The number of hydrogen-bond donors (Lipinski definition) is 1. The molecule has 0 aliphatic heterocycles.